The minimum absolute atomic E-state index is 0.109. The lowest BCUT2D eigenvalue weighted by Crippen LogP contribution is -2.44. The van der Waals surface area contributed by atoms with Crippen molar-refractivity contribution in [1.29, 1.82) is 0 Å². The number of nitrogen functional groups attached to an aromatic ring is 1. The van der Waals surface area contributed by atoms with E-state index >= 15 is 0 Å². The number of aryl methyl sites for hydroxylation is 1. The van der Waals surface area contributed by atoms with Crippen LogP contribution in [-0.2, 0) is 12.6 Å². The first-order chi connectivity index (χ1) is 16.2. The van der Waals surface area contributed by atoms with Crippen molar-refractivity contribution in [3.05, 3.63) is 78.5 Å². The number of aromatic amines is 1. The molecule has 172 valence electrons. The molecule has 0 radical (unpaired) electrons. The Hall–Kier alpha value is -4.25. The van der Waals surface area contributed by atoms with Gasteiger partial charge in [-0.05, 0) is 17.7 Å². The molecule has 0 spiro atoms. The van der Waals surface area contributed by atoms with Gasteiger partial charge in [0.1, 0.15) is 5.65 Å². The third-order valence-electron chi connectivity index (χ3n) is 5.56. The molecule has 4 N–H and O–H groups in total. The van der Waals surface area contributed by atoms with Crippen LogP contribution >= 0.6 is 0 Å². The summed E-state index contributed by atoms with van der Waals surface area (Å²) >= 11 is 0. The molecule has 0 aliphatic carbocycles. The largest absolute Gasteiger partial charge is 0.427 e. The zero-order chi connectivity index (χ0) is 24.1. The topological polar surface area (TPSA) is 119 Å². The Morgan fingerprint density at radius 3 is 2.47 bits per heavy atom. The maximum Gasteiger partial charge on any atom is 0.427 e. The minimum Gasteiger partial charge on any atom is -0.371 e. The van der Waals surface area contributed by atoms with Crippen LogP contribution in [-0.4, -0.2) is 41.0 Å². The van der Waals surface area contributed by atoms with Gasteiger partial charge in [0.15, 0.2) is 0 Å². The number of halogens is 3. The number of aliphatic hydroxyl groups is 1. The molecule has 0 aliphatic rings. The fourth-order valence-corrected chi connectivity index (χ4v) is 3.87. The number of hydrogen-bond acceptors (Lipinski definition) is 6. The summed E-state index contributed by atoms with van der Waals surface area (Å²) in [5, 5.41) is 15.7. The lowest BCUT2D eigenvalue weighted by molar-refractivity contribution is -0.249. The van der Waals surface area contributed by atoms with Gasteiger partial charge in [0.05, 0.1) is 17.6 Å². The predicted molar refractivity (Wildman–Crippen MR) is 119 cm³/mol. The molecule has 1 atom stereocenters. The van der Waals surface area contributed by atoms with Crippen molar-refractivity contribution >= 4 is 17.0 Å². The van der Waals surface area contributed by atoms with E-state index < -0.39 is 23.4 Å². The number of rotatable bonds is 4. The molecule has 0 fully saturated rings. The number of benzene rings is 1. The molecule has 34 heavy (non-hydrogen) atoms. The van der Waals surface area contributed by atoms with Crippen molar-refractivity contribution in [1.82, 2.24) is 29.7 Å². The van der Waals surface area contributed by atoms with Crippen LogP contribution in [0.3, 0.4) is 0 Å². The smallest absolute Gasteiger partial charge is 0.371 e. The Morgan fingerprint density at radius 1 is 1.03 bits per heavy atom. The van der Waals surface area contributed by atoms with Crippen molar-refractivity contribution in [3.8, 4) is 22.4 Å². The van der Waals surface area contributed by atoms with Gasteiger partial charge < -0.3 is 15.8 Å². The summed E-state index contributed by atoms with van der Waals surface area (Å²) in [4.78, 5) is 15.3. The van der Waals surface area contributed by atoms with E-state index in [1.54, 1.807) is 36.4 Å². The first-order valence-electron chi connectivity index (χ1n) is 10.1. The summed E-state index contributed by atoms with van der Waals surface area (Å²) in [7, 11) is 1.79. The molecule has 8 nitrogen and oxygen atoms in total. The molecule has 11 heteroatoms. The van der Waals surface area contributed by atoms with Crippen molar-refractivity contribution in [2.75, 3.05) is 5.73 Å². The molecular weight excluding hydrogens is 447 g/mol. The number of hydrogen-bond donors (Lipinski definition) is 3. The second-order valence-corrected chi connectivity index (χ2v) is 7.80. The van der Waals surface area contributed by atoms with Gasteiger partial charge >= 0.3 is 6.18 Å². The molecule has 4 aromatic heterocycles. The fraction of sp³-hybridized carbons (Fsp3) is 0.130. The molecule has 4 heterocycles. The third kappa shape index (κ3) is 3.46. The molecular formula is C23H18F3N7O. The lowest BCUT2D eigenvalue weighted by Gasteiger charge is -2.30. The van der Waals surface area contributed by atoms with Crippen LogP contribution in [0, 0.1) is 0 Å². The Bertz CT molecular complexity index is 1490. The van der Waals surface area contributed by atoms with Gasteiger partial charge in [-0.15, -0.1) is 0 Å². The minimum atomic E-state index is -5.07. The van der Waals surface area contributed by atoms with Crippen LogP contribution in [0.5, 0.6) is 0 Å². The maximum absolute atomic E-state index is 14.2. The molecule has 0 saturated heterocycles. The highest BCUT2D eigenvalue weighted by molar-refractivity contribution is 5.95. The average molecular weight is 465 g/mol. The number of anilines is 1. The number of alkyl halides is 3. The maximum atomic E-state index is 14.2. The molecule has 0 aliphatic heterocycles. The van der Waals surface area contributed by atoms with Crippen LogP contribution in [0.25, 0.3) is 33.4 Å². The van der Waals surface area contributed by atoms with Gasteiger partial charge in [-0.2, -0.15) is 18.3 Å². The van der Waals surface area contributed by atoms with Crippen LogP contribution in [0.15, 0.2) is 67.3 Å². The van der Waals surface area contributed by atoms with Gasteiger partial charge in [-0.25, -0.2) is 15.0 Å². The van der Waals surface area contributed by atoms with E-state index in [-0.39, 0.29) is 11.3 Å². The summed E-state index contributed by atoms with van der Waals surface area (Å²) in [5.74, 6) is -0.406. The second-order valence-electron chi connectivity index (χ2n) is 7.80. The Labute approximate surface area is 190 Å². The summed E-state index contributed by atoms with van der Waals surface area (Å²) in [6.45, 7) is 0. The van der Waals surface area contributed by atoms with E-state index in [2.05, 4.69) is 25.0 Å². The molecule has 0 bridgehead atoms. The molecule has 5 rings (SSSR count). The number of nitrogens with one attached hydrogen (secondary N) is 1. The molecule has 0 unspecified atom stereocenters. The van der Waals surface area contributed by atoms with E-state index in [9.17, 15) is 18.3 Å². The first-order valence-corrected chi connectivity index (χ1v) is 10.1. The quantitative estimate of drug-likeness (QED) is 0.372. The third-order valence-corrected chi connectivity index (χ3v) is 5.56. The molecule has 5 aromatic rings. The van der Waals surface area contributed by atoms with Crippen LogP contribution < -0.4 is 5.73 Å². The van der Waals surface area contributed by atoms with Crippen molar-refractivity contribution in [2.24, 2.45) is 7.05 Å². The predicted octanol–water partition coefficient (Wildman–Crippen LogP) is 3.80. The second kappa shape index (κ2) is 7.66. The van der Waals surface area contributed by atoms with E-state index in [1.165, 1.54) is 24.3 Å². The van der Waals surface area contributed by atoms with Crippen LogP contribution in [0.1, 0.15) is 11.3 Å². The van der Waals surface area contributed by atoms with Crippen LogP contribution in [0.2, 0.25) is 0 Å². The number of fused-ring (bicyclic) bond motifs is 1. The summed E-state index contributed by atoms with van der Waals surface area (Å²) < 4.78 is 44.3. The number of nitrogens with two attached hydrogens (primary N) is 1. The van der Waals surface area contributed by atoms with Gasteiger partial charge in [-0.3, -0.25) is 4.68 Å². The van der Waals surface area contributed by atoms with Gasteiger partial charge in [-0.1, -0.05) is 30.3 Å². The molecule has 0 saturated carbocycles. The van der Waals surface area contributed by atoms with Crippen LogP contribution in [0.4, 0.5) is 19.1 Å². The zero-order valence-electron chi connectivity index (χ0n) is 17.7. The highest BCUT2D eigenvalue weighted by Crippen LogP contribution is 2.44. The van der Waals surface area contributed by atoms with E-state index in [0.29, 0.717) is 16.6 Å². The lowest BCUT2D eigenvalue weighted by atomic mass is 9.88. The number of aromatic nitrogens is 6. The van der Waals surface area contributed by atoms with Crippen molar-refractivity contribution in [2.45, 2.75) is 11.8 Å². The Kier molecular flexibility index (Phi) is 4.87. The molecule has 1 aromatic carbocycles. The van der Waals surface area contributed by atoms with Gasteiger partial charge in [0.2, 0.25) is 11.5 Å². The van der Waals surface area contributed by atoms with E-state index in [1.807, 2.05) is 12.3 Å². The average Bonchev–Trinajstić information content (AvgIpc) is 3.43. The monoisotopic (exact) mass is 465 g/mol. The first kappa shape index (κ1) is 21.6. The highest BCUT2D eigenvalue weighted by Gasteiger charge is 2.57. The standard InChI is InChI=1S/C23H18F3N7O/c1-33-12-14(10-30-33)13-7-16-17(11-29-20(16)28-9-13)18-8-19(32-21(27)31-18)22(34,23(24,25)26)15-5-3-2-4-6-15/h2-12,34H,1H3,(H,28,29)(H2,27,31,32)/t22-/m0/s1. The Balaban J connectivity index is 1.69. The highest BCUT2D eigenvalue weighted by atomic mass is 19.4. The fourth-order valence-electron chi connectivity index (χ4n) is 3.87. The SMILES string of the molecule is Cn1cc(-c2cnc3[nH]cc(-c4cc([C@@](O)(c5ccccc5)C(F)(F)F)nc(N)n4)c3c2)cn1. The van der Waals surface area contributed by atoms with Gasteiger partial charge in [0.25, 0.3) is 0 Å². The zero-order valence-corrected chi connectivity index (χ0v) is 17.7. The summed E-state index contributed by atoms with van der Waals surface area (Å²) in [5.41, 5.74) is 4.03. The number of pyridine rings is 1. The summed E-state index contributed by atoms with van der Waals surface area (Å²) in [6, 6.07) is 9.65. The summed E-state index contributed by atoms with van der Waals surface area (Å²) in [6.07, 6.45) is 1.67. The normalized spacial score (nSPS) is 13.8. The van der Waals surface area contributed by atoms with Crippen molar-refractivity contribution < 1.29 is 18.3 Å². The van der Waals surface area contributed by atoms with Crippen molar-refractivity contribution in [3.63, 3.8) is 0 Å². The van der Waals surface area contributed by atoms with E-state index in [0.717, 1.165) is 17.2 Å². The van der Waals surface area contributed by atoms with Gasteiger partial charge in [0, 0.05) is 47.7 Å². The number of nitrogens with zero attached hydrogens (tertiary/aromatic N) is 5. The molecule has 0 amide bonds. The Morgan fingerprint density at radius 2 is 1.79 bits per heavy atom. The number of H-pyrrole nitrogens is 1. The van der Waals surface area contributed by atoms with E-state index in [4.69, 9.17) is 5.73 Å².